The molecule has 0 saturated carbocycles. The van der Waals surface area contributed by atoms with E-state index >= 15 is 0 Å². The monoisotopic (exact) mass is 260 g/mol. The Balaban J connectivity index is 2.16. The molecule has 0 spiro atoms. The molecular formula is C16H24N2O. The highest BCUT2D eigenvalue weighted by Crippen LogP contribution is 2.12. The Hall–Kier alpha value is -1.37. The van der Waals surface area contributed by atoms with Crippen LogP contribution in [0.2, 0.25) is 0 Å². The third kappa shape index (κ3) is 6.37. The van der Waals surface area contributed by atoms with Crippen LogP contribution in [0.25, 0.3) is 0 Å². The second-order valence-corrected chi connectivity index (χ2v) is 4.73. The molecule has 104 valence electrons. The highest BCUT2D eigenvalue weighted by Gasteiger charge is 2.03. The van der Waals surface area contributed by atoms with Gasteiger partial charge in [-0.2, -0.15) is 5.26 Å². The molecule has 0 saturated heterocycles. The van der Waals surface area contributed by atoms with Gasteiger partial charge >= 0.3 is 0 Å². The van der Waals surface area contributed by atoms with Gasteiger partial charge in [0.15, 0.2) is 0 Å². The summed E-state index contributed by atoms with van der Waals surface area (Å²) in [5.41, 5.74) is 1.92. The van der Waals surface area contributed by atoms with E-state index in [-0.39, 0.29) is 0 Å². The van der Waals surface area contributed by atoms with Gasteiger partial charge in [0.05, 0.1) is 11.6 Å². The SMILES string of the molecule is CCCCOCCCNC(C)c1ccc(C#N)cc1. The summed E-state index contributed by atoms with van der Waals surface area (Å²) in [6.07, 6.45) is 3.37. The fraction of sp³-hybridized carbons (Fsp3) is 0.562. The van der Waals surface area contributed by atoms with Crippen molar-refractivity contribution in [2.45, 2.75) is 39.2 Å². The van der Waals surface area contributed by atoms with Crippen LogP contribution in [0.3, 0.4) is 0 Å². The number of hydrogen-bond donors (Lipinski definition) is 1. The maximum Gasteiger partial charge on any atom is 0.0991 e. The van der Waals surface area contributed by atoms with E-state index in [1.165, 1.54) is 12.0 Å². The van der Waals surface area contributed by atoms with E-state index in [1.54, 1.807) is 0 Å². The van der Waals surface area contributed by atoms with E-state index in [1.807, 2.05) is 24.3 Å². The van der Waals surface area contributed by atoms with Crippen molar-refractivity contribution in [3.8, 4) is 6.07 Å². The lowest BCUT2D eigenvalue weighted by molar-refractivity contribution is 0.128. The lowest BCUT2D eigenvalue weighted by atomic mass is 10.1. The summed E-state index contributed by atoms with van der Waals surface area (Å²) >= 11 is 0. The van der Waals surface area contributed by atoms with E-state index in [4.69, 9.17) is 10.00 Å². The topological polar surface area (TPSA) is 45.0 Å². The van der Waals surface area contributed by atoms with E-state index in [0.717, 1.165) is 32.6 Å². The fourth-order valence-corrected chi connectivity index (χ4v) is 1.81. The number of rotatable bonds is 9. The van der Waals surface area contributed by atoms with E-state index < -0.39 is 0 Å². The molecule has 1 rings (SSSR count). The Kier molecular flexibility index (Phi) is 7.88. The summed E-state index contributed by atoms with van der Waals surface area (Å²) in [7, 11) is 0. The summed E-state index contributed by atoms with van der Waals surface area (Å²) < 4.78 is 5.52. The maximum atomic E-state index is 8.75. The number of benzene rings is 1. The molecule has 1 aromatic rings. The minimum atomic E-state index is 0.309. The van der Waals surface area contributed by atoms with Gasteiger partial charge in [-0.25, -0.2) is 0 Å². The first-order valence-electron chi connectivity index (χ1n) is 7.09. The lowest BCUT2D eigenvalue weighted by Gasteiger charge is -2.14. The van der Waals surface area contributed by atoms with Crippen molar-refractivity contribution in [3.63, 3.8) is 0 Å². The van der Waals surface area contributed by atoms with Gasteiger partial charge in [0.1, 0.15) is 0 Å². The standard InChI is InChI=1S/C16H24N2O/c1-3-4-11-19-12-5-10-18-14(2)16-8-6-15(13-17)7-9-16/h6-9,14,18H,3-5,10-12H2,1-2H3. The summed E-state index contributed by atoms with van der Waals surface area (Å²) in [6, 6.07) is 10.2. The number of nitriles is 1. The molecule has 0 aromatic heterocycles. The van der Waals surface area contributed by atoms with E-state index in [9.17, 15) is 0 Å². The van der Waals surface area contributed by atoms with Crippen LogP contribution in [-0.2, 0) is 4.74 Å². The van der Waals surface area contributed by atoms with Gasteiger partial charge in [-0.05, 0) is 44.0 Å². The fourth-order valence-electron chi connectivity index (χ4n) is 1.81. The Morgan fingerprint density at radius 2 is 1.89 bits per heavy atom. The largest absolute Gasteiger partial charge is 0.381 e. The van der Waals surface area contributed by atoms with Gasteiger partial charge in [-0.15, -0.1) is 0 Å². The second kappa shape index (κ2) is 9.55. The molecular weight excluding hydrogens is 236 g/mol. The van der Waals surface area contributed by atoms with Crippen molar-refractivity contribution >= 4 is 0 Å². The first-order valence-corrected chi connectivity index (χ1v) is 7.09. The summed E-state index contributed by atoms with van der Waals surface area (Å²) in [5.74, 6) is 0. The first kappa shape index (κ1) is 15.7. The van der Waals surface area contributed by atoms with Gasteiger partial charge in [0, 0.05) is 19.3 Å². The molecule has 0 heterocycles. The minimum absolute atomic E-state index is 0.309. The van der Waals surface area contributed by atoms with Gasteiger partial charge in [0.2, 0.25) is 0 Å². The van der Waals surface area contributed by atoms with Crippen LogP contribution in [0, 0.1) is 11.3 Å². The molecule has 0 fully saturated rings. The summed E-state index contributed by atoms with van der Waals surface area (Å²) in [5, 5.41) is 12.2. The molecule has 1 aromatic carbocycles. The molecule has 0 aliphatic carbocycles. The zero-order chi connectivity index (χ0) is 13.9. The smallest absolute Gasteiger partial charge is 0.0991 e. The molecule has 0 radical (unpaired) electrons. The Bertz CT molecular complexity index is 381. The van der Waals surface area contributed by atoms with Crippen LogP contribution in [0.1, 0.15) is 50.3 Å². The molecule has 0 aliphatic rings. The lowest BCUT2D eigenvalue weighted by Crippen LogP contribution is -2.21. The number of hydrogen-bond acceptors (Lipinski definition) is 3. The van der Waals surface area contributed by atoms with Crippen molar-refractivity contribution < 1.29 is 4.74 Å². The molecule has 0 bridgehead atoms. The quantitative estimate of drug-likeness (QED) is 0.692. The normalized spacial score (nSPS) is 12.1. The van der Waals surface area contributed by atoms with Gasteiger partial charge in [-0.1, -0.05) is 25.5 Å². The molecule has 1 N–H and O–H groups in total. The third-order valence-electron chi connectivity index (χ3n) is 3.10. The average Bonchev–Trinajstić information content (AvgIpc) is 2.46. The third-order valence-corrected chi connectivity index (χ3v) is 3.10. The van der Waals surface area contributed by atoms with Gasteiger partial charge < -0.3 is 10.1 Å². The highest BCUT2D eigenvalue weighted by atomic mass is 16.5. The Morgan fingerprint density at radius 3 is 2.53 bits per heavy atom. The highest BCUT2D eigenvalue weighted by molar-refractivity contribution is 5.32. The number of nitrogens with one attached hydrogen (secondary N) is 1. The van der Waals surface area contributed by atoms with Crippen LogP contribution >= 0.6 is 0 Å². The van der Waals surface area contributed by atoms with Gasteiger partial charge in [-0.3, -0.25) is 0 Å². The molecule has 0 aliphatic heterocycles. The zero-order valence-corrected chi connectivity index (χ0v) is 12.0. The second-order valence-electron chi connectivity index (χ2n) is 4.73. The molecule has 19 heavy (non-hydrogen) atoms. The van der Waals surface area contributed by atoms with Crippen molar-refractivity contribution in [1.82, 2.24) is 5.32 Å². The van der Waals surface area contributed by atoms with E-state index in [2.05, 4.69) is 25.2 Å². The predicted octanol–water partition coefficient (Wildman–Crippen LogP) is 3.42. The van der Waals surface area contributed by atoms with Crippen molar-refractivity contribution in [2.75, 3.05) is 19.8 Å². The van der Waals surface area contributed by atoms with Crippen LogP contribution in [0.15, 0.2) is 24.3 Å². The molecule has 1 unspecified atom stereocenters. The van der Waals surface area contributed by atoms with Crippen LogP contribution in [0.5, 0.6) is 0 Å². The molecule has 3 heteroatoms. The number of nitrogens with zero attached hydrogens (tertiary/aromatic N) is 1. The van der Waals surface area contributed by atoms with Crippen molar-refractivity contribution in [3.05, 3.63) is 35.4 Å². The summed E-state index contributed by atoms with van der Waals surface area (Å²) in [4.78, 5) is 0. The zero-order valence-electron chi connectivity index (χ0n) is 12.0. The number of unbranched alkanes of at least 4 members (excludes halogenated alkanes) is 1. The molecule has 1 atom stereocenters. The molecule has 0 amide bonds. The predicted molar refractivity (Wildman–Crippen MR) is 77.9 cm³/mol. The number of ether oxygens (including phenoxy) is 1. The van der Waals surface area contributed by atoms with Crippen LogP contribution in [-0.4, -0.2) is 19.8 Å². The minimum Gasteiger partial charge on any atom is -0.381 e. The Morgan fingerprint density at radius 1 is 1.21 bits per heavy atom. The average molecular weight is 260 g/mol. The summed E-state index contributed by atoms with van der Waals surface area (Å²) in [6.45, 7) is 6.96. The van der Waals surface area contributed by atoms with Crippen LogP contribution < -0.4 is 5.32 Å². The van der Waals surface area contributed by atoms with Crippen molar-refractivity contribution in [2.24, 2.45) is 0 Å². The maximum absolute atomic E-state index is 8.75. The molecule has 3 nitrogen and oxygen atoms in total. The van der Waals surface area contributed by atoms with Crippen molar-refractivity contribution in [1.29, 1.82) is 5.26 Å². The first-order chi connectivity index (χ1) is 9.27. The van der Waals surface area contributed by atoms with E-state index in [0.29, 0.717) is 11.6 Å². The Labute approximate surface area is 116 Å². The van der Waals surface area contributed by atoms with Crippen LogP contribution in [0.4, 0.5) is 0 Å². The van der Waals surface area contributed by atoms with Gasteiger partial charge in [0.25, 0.3) is 0 Å².